The van der Waals surface area contributed by atoms with Crippen molar-refractivity contribution in [2.45, 2.75) is 12.3 Å². The maximum absolute atomic E-state index is 12.7. The third kappa shape index (κ3) is 5.58. The number of aromatic amines is 1. The van der Waals surface area contributed by atoms with Gasteiger partial charge in [0.05, 0.1) is 13.7 Å². The van der Waals surface area contributed by atoms with Crippen molar-refractivity contribution in [3.05, 3.63) is 93.9 Å². The number of nitrogens with zero attached hydrogens (tertiary/aromatic N) is 4. The number of benzene rings is 2. The Balaban J connectivity index is 1.73. The zero-order valence-corrected chi connectivity index (χ0v) is 20.0. The molecule has 4 aromatic rings. The van der Waals surface area contributed by atoms with Gasteiger partial charge >= 0.3 is 5.69 Å². The molecule has 0 bridgehead atoms. The van der Waals surface area contributed by atoms with Gasteiger partial charge in [0, 0.05) is 31.0 Å². The lowest BCUT2D eigenvalue weighted by atomic mass is 9.90. The van der Waals surface area contributed by atoms with E-state index in [1.807, 2.05) is 30.3 Å². The van der Waals surface area contributed by atoms with Crippen LogP contribution in [0.1, 0.15) is 28.4 Å². The van der Waals surface area contributed by atoms with Gasteiger partial charge in [-0.25, -0.2) is 14.8 Å². The highest BCUT2D eigenvalue weighted by atomic mass is 16.5. The Hall–Kier alpha value is -4.51. The van der Waals surface area contributed by atoms with Crippen LogP contribution in [0.4, 0.5) is 0 Å². The first-order valence-corrected chi connectivity index (χ1v) is 11.2. The van der Waals surface area contributed by atoms with Gasteiger partial charge in [0.25, 0.3) is 5.95 Å². The van der Waals surface area contributed by atoms with Gasteiger partial charge in [-0.1, -0.05) is 30.3 Å². The summed E-state index contributed by atoms with van der Waals surface area (Å²) in [6, 6.07) is 14.7. The van der Waals surface area contributed by atoms with Crippen LogP contribution in [-0.4, -0.2) is 58.0 Å². The molecule has 11 heteroatoms. The molecule has 2 aromatic heterocycles. The summed E-state index contributed by atoms with van der Waals surface area (Å²) in [4.78, 5) is 23.9. The average molecular weight is 490 g/mol. The lowest BCUT2D eigenvalue weighted by Crippen LogP contribution is -2.18. The molecule has 0 amide bonds. The SMILES string of the molecule is COCCOc1ccc(C(Cc2ccc(C(=N)N)cc2)c2nn(-c3ncccn3)c(=O)[nH]2)cc1OC. The maximum Gasteiger partial charge on any atom is 0.350 e. The number of hydrogen-bond acceptors (Lipinski definition) is 8. The Bertz CT molecular complexity index is 1370. The summed E-state index contributed by atoms with van der Waals surface area (Å²) in [6.07, 6.45) is 3.60. The second kappa shape index (κ2) is 11.3. The van der Waals surface area contributed by atoms with Crippen LogP contribution < -0.4 is 20.9 Å². The molecule has 0 fully saturated rings. The number of rotatable bonds is 11. The summed E-state index contributed by atoms with van der Waals surface area (Å²) < 4.78 is 17.5. The second-order valence-electron chi connectivity index (χ2n) is 7.89. The average Bonchev–Trinajstić information content (AvgIpc) is 3.29. The van der Waals surface area contributed by atoms with Crippen LogP contribution in [0.25, 0.3) is 5.95 Å². The summed E-state index contributed by atoms with van der Waals surface area (Å²) in [5, 5.41) is 12.1. The molecule has 4 rings (SSSR count). The number of hydrogen-bond donors (Lipinski definition) is 3. The number of nitrogen functional groups attached to an aromatic ring is 1. The monoisotopic (exact) mass is 489 g/mol. The summed E-state index contributed by atoms with van der Waals surface area (Å²) >= 11 is 0. The number of ether oxygens (including phenoxy) is 3. The lowest BCUT2D eigenvalue weighted by Gasteiger charge is -2.18. The first-order valence-electron chi connectivity index (χ1n) is 11.2. The standard InChI is InChI=1S/C25H27N7O4/c1-34-12-13-36-20-9-8-18(15-21(20)35-2)19(14-16-4-6-17(7-5-16)22(26)27)23-30-25(33)32(31-23)24-28-10-3-11-29-24/h3-11,15,19H,12-14H2,1-2H3,(H3,26,27)(H,30,31,33). The molecule has 1 atom stereocenters. The zero-order valence-electron chi connectivity index (χ0n) is 20.0. The van der Waals surface area contributed by atoms with Crippen molar-refractivity contribution in [1.82, 2.24) is 24.7 Å². The van der Waals surface area contributed by atoms with E-state index in [2.05, 4.69) is 20.1 Å². The minimum Gasteiger partial charge on any atom is -0.493 e. The molecule has 2 aromatic carbocycles. The highest BCUT2D eigenvalue weighted by Gasteiger charge is 2.23. The number of nitrogens with two attached hydrogens (primary N) is 1. The van der Waals surface area contributed by atoms with Gasteiger partial charge in [0.2, 0.25) is 0 Å². The number of methoxy groups -OCH3 is 2. The van der Waals surface area contributed by atoms with Gasteiger partial charge in [0.1, 0.15) is 18.3 Å². The molecule has 0 aliphatic heterocycles. The van der Waals surface area contributed by atoms with Crippen molar-refractivity contribution in [2.24, 2.45) is 5.73 Å². The molecule has 36 heavy (non-hydrogen) atoms. The van der Waals surface area contributed by atoms with Crippen LogP contribution in [0.15, 0.2) is 65.7 Å². The molecule has 2 heterocycles. The van der Waals surface area contributed by atoms with E-state index in [4.69, 9.17) is 25.4 Å². The van der Waals surface area contributed by atoms with Crippen molar-refractivity contribution in [3.8, 4) is 17.4 Å². The fourth-order valence-corrected chi connectivity index (χ4v) is 3.72. The highest BCUT2D eigenvalue weighted by Crippen LogP contribution is 2.34. The normalized spacial score (nSPS) is 11.7. The molecular weight excluding hydrogens is 462 g/mol. The third-order valence-electron chi connectivity index (χ3n) is 5.55. The Morgan fingerprint density at radius 2 is 1.83 bits per heavy atom. The van der Waals surface area contributed by atoms with Crippen LogP contribution in [0, 0.1) is 5.41 Å². The fraction of sp³-hybridized carbons (Fsp3) is 0.240. The van der Waals surface area contributed by atoms with Gasteiger partial charge in [0.15, 0.2) is 11.5 Å². The maximum atomic E-state index is 12.7. The molecule has 0 saturated heterocycles. The van der Waals surface area contributed by atoms with E-state index in [0.717, 1.165) is 15.8 Å². The van der Waals surface area contributed by atoms with Crippen LogP contribution in [0.2, 0.25) is 0 Å². The Morgan fingerprint density at radius 1 is 1.08 bits per heavy atom. The number of nitrogens with one attached hydrogen (secondary N) is 2. The quantitative estimate of drug-likeness (QED) is 0.164. The Kier molecular flexibility index (Phi) is 7.71. The van der Waals surface area contributed by atoms with E-state index in [0.29, 0.717) is 42.5 Å². The first kappa shape index (κ1) is 24.6. The van der Waals surface area contributed by atoms with E-state index in [9.17, 15) is 4.79 Å². The van der Waals surface area contributed by atoms with Gasteiger partial charge in [-0.15, -0.1) is 9.78 Å². The minimum atomic E-state index is -0.445. The smallest absolute Gasteiger partial charge is 0.350 e. The Labute approximate surface area is 207 Å². The van der Waals surface area contributed by atoms with E-state index in [-0.39, 0.29) is 17.7 Å². The fourth-order valence-electron chi connectivity index (χ4n) is 3.72. The molecule has 4 N–H and O–H groups in total. The summed E-state index contributed by atoms with van der Waals surface area (Å²) in [5.74, 6) is 1.41. The molecule has 186 valence electrons. The minimum absolute atomic E-state index is 0.00201. The van der Waals surface area contributed by atoms with Crippen molar-refractivity contribution < 1.29 is 14.2 Å². The van der Waals surface area contributed by atoms with Gasteiger partial charge in [-0.05, 0) is 35.7 Å². The molecule has 0 radical (unpaired) electrons. The summed E-state index contributed by atoms with van der Waals surface area (Å²) in [6.45, 7) is 0.830. The predicted molar refractivity (Wildman–Crippen MR) is 133 cm³/mol. The van der Waals surface area contributed by atoms with E-state index < -0.39 is 5.69 Å². The number of amidine groups is 1. The Morgan fingerprint density at radius 3 is 2.50 bits per heavy atom. The van der Waals surface area contributed by atoms with Crippen LogP contribution in [0.5, 0.6) is 11.5 Å². The predicted octanol–water partition coefficient (Wildman–Crippen LogP) is 2.04. The molecular formula is C25H27N7O4. The number of aromatic nitrogens is 5. The topological polar surface area (TPSA) is 154 Å². The lowest BCUT2D eigenvalue weighted by molar-refractivity contribution is 0.144. The van der Waals surface area contributed by atoms with Gasteiger partial charge in [-0.2, -0.15) is 0 Å². The van der Waals surface area contributed by atoms with Crippen molar-refractivity contribution in [3.63, 3.8) is 0 Å². The van der Waals surface area contributed by atoms with Crippen LogP contribution in [0.3, 0.4) is 0 Å². The second-order valence-corrected chi connectivity index (χ2v) is 7.89. The first-order chi connectivity index (χ1) is 17.5. The largest absolute Gasteiger partial charge is 0.493 e. The molecule has 0 aliphatic rings. The van der Waals surface area contributed by atoms with Crippen molar-refractivity contribution >= 4 is 5.84 Å². The van der Waals surface area contributed by atoms with Crippen molar-refractivity contribution in [1.29, 1.82) is 5.41 Å². The van der Waals surface area contributed by atoms with E-state index >= 15 is 0 Å². The van der Waals surface area contributed by atoms with Gasteiger partial charge < -0.3 is 19.9 Å². The van der Waals surface area contributed by atoms with Crippen molar-refractivity contribution in [2.75, 3.05) is 27.4 Å². The molecule has 1 unspecified atom stereocenters. The van der Waals surface area contributed by atoms with E-state index in [1.165, 1.54) is 0 Å². The molecule has 0 spiro atoms. The summed E-state index contributed by atoms with van der Waals surface area (Å²) in [7, 11) is 3.18. The van der Waals surface area contributed by atoms with E-state index in [1.54, 1.807) is 44.8 Å². The molecule has 0 aliphatic carbocycles. The summed E-state index contributed by atoms with van der Waals surface area (Å²) in [5.41, 5.74) is 7.61. The zero-order chi connectivity index (χ0) is 25.5. The highest BCUT2D eigenvalue weighted by molar-refractivity contribution is 5.94. The van der Waals surface area contributed by atoms with Gasteiger partial charge in [-0.3, -0.25) is 10.4 Å². The van der Waals surface area contributed by atoms with Crippen LogP contribution in [-0.2, 0) is 11.2 Å². The molecule has 11 nitrogen and oxygen atoms in total. The van der Waals surface area contributed by atoms with Crippen LogP contribution >= 0.6 is 0 Å². The third-order valence-corrected chi connectivity index (χ3v) is 5.55. The molecule has 0 saturated carbocycles. The number of H-pyrrole nitrogens is 1.